The van der Waals surface area contributed by atoms with Crippen molar-refractivity contribution in [1.29, 1.82) is 0 Å². The zero-order valence-electron chi connectivity index (χ0n) is 16.7. The van der Waals surface area contributed by atoms with Crippen LogP contribution in [-0.2, 0) is 0 Å². The van der Waals surface area contributed by atoms with Crippen LogP contribution in [0.15, 0.2) is 55.0 Å². The predicted octanol–water partition coefficient (Wildman–Crippen LogP) is 1.85. The molecule has 1 saturated heterocycles. The van der Waals surface area contributed by atoms with E-state index in [-0.39, 0.29) is 5.91 Å². The lowest BCUT2D eigenvalue weighted by Crippen LogP contribution is -2.47. The van der Waals surface area contributed by atoms with E-state index in [2.05, 4.69) is 35.6 Å². The number of aryl methyl sites for hydroxylation is 1. The molecule has 9 heteroatoms. The number of benzene rings is 1. The lowest BCUT2D eigenvalue weighted by atomic mass is 10.1. The molecule has 0 radical (unpaired) electrons. The number of rotatable bonds is 5. The zero-order chi connectivity index (χ0) is 20.9. The molecule has 1 fully saturated rings. The van der Waals surface area contributed by atoms with Gasteiger partial charge in [-0.2, -0.15) is 0 Å². The quantitative estimate of drug-likeness (QED) is 0.552. The highest BCUT2D eigenvalue weighted by atomic mass is 16.2. The summed E-state index contributed by atoms with van der Waals surface area (Å²) in [5, 5.41) is 0. The van der Waals surface area contributed by atoms with Crippen molar-refractivity contribution in [2.75, 3.05) is 47.1 Å². The summed E-state index contributed by atoms with van der Waals surface area (Å²) in [5.41, 5.74) is 13.8. The third-order valence-electron chi connectivity index (χ3n) is 5.02. The third-order valence-corrected chi connectivity index (χ3v) is 5.02. The molecule has 1 aromatic carbocycles. The Bertz CT molecular complexity index is 1000. The molecule has 0 bridgehead atoms. The summed E-state index contributed by atoms with van der Waals surface area (Å²) in [6.45, 7) is 5.11. The maximum Gasteiger partial charge on any atom is 0.269 e. The van der Waals surface area contributed by atoms with Gasteiger partial charge in [0.15, 0.2) is 11.6 Å². The Hall–Kier alpha value is -3.88. The standard InChI is InChI=1S/C21H24N8O/c1-15-5-7-16(8-6-15)21(30)27-26-19-18(22)20(25-14-24-19)29-12-10-28(11-13-29)17-4-2-3-9-23-17/h2-9,14H,10-13,22H2,1H3,(H,27,30)(H,24,25,26). The molecule has 154 valence electrons. The molecule has 3 heterocycles. The van der Waals surface area contributed by atoms with Gasteiger partial charge in [-0.25, -0.2) is 15.0 Å². The minimum atomic E-state index is -0.265. The Morgan fingerprint density at radius 2 is 1.70 bits per heavy atom. The van der Waals surface area contributed by atoms with Crippen molar-refractivity contribution < 1.29 is 4.79 Å². The van der Waals surface area contributed by atoms with Crippen molar-refractivity contribution in [1.82, 2.24) is 20.4 Å². The van der Waals surface area contributed by atoms with Crippen molar-refractivity contribution in [3.8, 4) is 0 Å². The summed E-state index contributed by atoms with van der Waals surface area (Å²) >= 11 is 0. The molecule has 9 nitrogen and oxygen atoms in total. The molecule has 0 atom stereocenters. The van der Waals surface area contributed by atoms with Crippen LogP contribution in [0.5, 0.6) is 0 Å². The third kappa shape index (κ3) is 4.24. The van der Waals surface area contributed by atoms with Gasteiger partial charge < -0.3 is 15.5 Å². The van der Waals surface area contributed by atoms with E-state index in [0.717, 1.165) is 37.6 Å². The average Bonchev–Trinajstić information content (AvgIpc) is 2.79. The van der Waals surface area contributed by atoms with E-state index in [9.17, 15) is 4.79 Å². The first-order chi connectivity index (χ1) is 14.6. The number of nitrogen functional groups attached to an aromatic ring is 1. The number of hydrogen-bond donors (Lipinski definition) is 3. The normalized spacial score (nSPS) is 13.8. The van der Waals surface area contributed by atoms with Crippen LogP contribution in [0, 0.1) is 6.92 Å². The topological polar surface area (TPSA) is 112 Å². The fraction of sp³-hybridized carbons (Fsp3) is 0.238. The van der Waals surface area contributed by atoms with Gasteiger partial charge >= 0.3 is 0 Å². The van der Waals surface area contributed by atoms with Gasteiger partial charge in [0.1, 0.15) is 17.8 Å². The van der Waals surface area contributed by atoms with Gasteiger partial charge in [0, 0.05) is 37.9 Å². The van der Waals surface area contributed by atoms with E-state index in [1.807, 2.05) is 37.3 Å². The van der Waals surface area contributed by atoms with Crippen LogP contribution in [0.4, 0.5) is 23.1 Å². The summed E-state index contributed by atoms with van der Waals surface area (Å²) in [4.78, 5) is 29.6. The highest BCUT2D eigenvalue weighted by Crippen LogP contribution is 2.27. The second-order valence-electron chi connectivity index (χ2n) is 7.07. The smallest absolute Gasteiger partial charge is 0.269 e. The lowest BCUT2D eigenvalue weighted by molar-refractivity contribution is 0.0962. The molecule has 3 aromatic rings. The minimum Gasteiger partial charge on any atom is -0.393 e. The number of nitrogens with two attached hydrogens (primary N) is 1. The molecule has 1 aliphatic heterocycles. The molecule has 0 spiro atoms. The summed E-state index contributed by atoms with van der Waals surface area (Å²) in [6, 6.07) is 13.2. The number of amides is 1. The highest BCUT2D eigenvalue weighted by Gasteiger charge is 2.22. The maximum atomic E-state index is 12.3. The van der Waals surface area contributed by atoms with Gasteiger partial charge in [0.2, 0.25) is 0 Å². The summed E-state index contributed by atoms with van der Waals surface area (Å²) in [7, 11) is 0. The predicted molar refractivity (Wildman–Crippen MR) is 117 cm³/mol. The number of nitrogens with zero attached hydrogens (tertiary/aromatic N) is 5. The fourth-order valence-corrected chi connectivity index (χ4v) is 3.32. The first-order valence-electron chi connectivity index (χ1n) is 9.76. The van der Waals surface area contributed by atoms with Crippen molar-refractivity contribution in [3.63, 3.8) is 0 Å². The summed E-state index contributed by atoms with van der Waals surface area (Å²) < 4.78 is 0. The first kappa shape index (κ1) is 19.4. The monoisotopic (exact) mass is 404 g/mol. The Labute approximate surface area is 174 Å². The van der Waals surface area contributed by atoms with E-state index < -0.39 is 0 Å². The van der Waals surface area contributed by atoms with Gasteiger partial charge in [0.05, 0.1) is 0 Å². The average molecular weight is 404 g/mol. The van der Waals surface area contributed by atoms with Crippen LogP contribution >= 0.6 is 0 Å². The number of pyridine rings is 1. The summed E-state index contributed by atoms with van der Waals surface area (Å²) in [5.74, 6) is 1.72. The molecule has 30 heavy (non-hydrogen) atoms. The van der Waals surface area contributed by atoms with Crippen LogP contribution in [-0.4, -0.2) is 47.0 Å². The fourth-order valence-electron chi connectivity index (χ4n) is 3.32. The van der Waals surface area contributed by atoms with Crippen LogP contribution in [0.2, 0.25) is 0 Å². The Balaban J connectivity index is 1.39. The second-order valence-corrected chi connectivity index (χ2v) is 7.07. The zero-order valence-corrected chi connectivity index (χ0v) is 16.7. The molecule has 1 aliphatic rings. The SMILES string of the molecule is Cc1ccc(C(=O)NNc2ncnc(N3CCN(c4ccccn4)CC3)c2N)cc1. The van der Waals surface area contributed by atoms with Gasteiger partial charge in [0.25, 0.3) is 5.91 Å². The molecular weight excluding hydrogens is 380 g/mol. The number of hydrazine groups is 1. The lowest BCUT2D eigenvalue weighted by Gasteiger charge is -2.36. The van der Waals surface area contributed by atoms with Crippen LogP contribution in [0.3, 0.4) is 0 Å². The van der Waals surface area contributed by atoms with Crippen LogP contribution in [0.1, 0.15) is 15.9 Å². The number of aromatic nitrogens is 3. The van der Waals surface area contributed by atoms with E-state index in [4.69, 9.17) is 5.73 Å². The van der Waals surface area contributed by atoms with Crippen molar-refractivity contribution in [2.45, 2.75) is 6.92 Å². The first-order valence-corrected chi connectivity index (χ1v) is 9.76. The maximum absolute atomic E-state index is 12.3. The largest absolute Gasteiger partial charge is 0.393 e. The van der Waals surface area contributed by atoms with E-state index >= 15 is 0 Å². The van der Waals surface area contributed by atoms with Gasteiger partial charge in [-0.15, -0.1) is 0 Å². The molecule has 0 unspecified atom stereocenters. The van der Waals surface area contributed by atoms with E-state index in [1.165, 1.54) is 6.33 Å². The molecule has 2 aromatic heterocycles. The number of carbonyl (C=O) groups excluding carboxylic acids is 1. The van der Waals surface area contributed by atoms with Crippen molar-refractivity contribution in [2.24, 2.45) is 0 Å². The molecule has 4 N–H and O–H groups in total. The Kier molecular flexibility index (Phi) is 5.60. The molecular formula is C21H24N8O. The van der Waals surface area contributed by atoms with Crippen molar-refractivity contribution in [3.05, 3.63) is 66.1 Å². The van der Waals surface area contributed by atoms with E-state index in [1.54, 1.807) is 18.3 Å². The molecule has 4 rings (SSSR count). The number of carbonyl (C=O) groups is 1. The number of piperazine rings is 1. The highest BCUT2D eigenvalue weighted by molar-refractivity contribution is 5.95. The van der Waals surface area contributed by atoms with E-state index in [0.29, 0.717) is 22.9 Å². The number of hydrogen-bond acceptors (Lipinski definition) is 8. The Morgan fingerprint density at radius 1 is 0.967 bits per heavy atom. The molecule has 0 aliphatic carbocycles. The molecule has 1 amide bonds. The van der Waals surface area contributed by atoms with Crippen LogP contribution < -0.4 is 26.4 Å². The summed E-state index contributed by atoms with van der Waals surface area (Å²) in [6.07, 6.45) is 3.24. The van der Waals surface area contributed by atoms with Crippen molar-refractivity contribution >= 4 is 29.0 Å². The van der Waals surface area contributed by atoms with Gasteiger partial charge in [-0.1, -0.05) is 23.8 Å². The second kappa shape index (κ2) is 8.64. The minimum absolute atomic E-state index is 0.265. The Morgan fingerprint density at radius 3 is 2.40 bits per heavy atom. The number of nitrogens with one attached hydrogen (secondary N) is 2. The molecule has 0 saturated carbocycles. The van der Waals surface area contributed by atoms with Gasteiger partial charge in [-0.3, -0.25) is 15.6 Å². The van der Waals surface area contributed by atoms with Gasteiger partial charge in [-0.05, 0) is 31.2 Å². The number of anilines is 4. The van der Waals surface area contributed by atoms with Crippen LogP contribution in [0.25, 0.3) is 0 Å².